The van der Waals surface area contributed by atoms with Gasteiger partial charge in [0, 0.05) is 66.8 Å². The number of hydrogen-bond donors (Lipinski definition) is 0. The van der Waals surface area contributed by atoms with Gasteiger partial charge in [-0.3, -0.25) is 0 Å². The van der Waals surface area contributed by atoms with E-state index in [1.54, 1.807) is 0 Å². The highest BCUT2D eigenvalue weighted by Gasteiger charge is 2.44. The topological polar surface area (TPSA) is 16.3 Å². The van der Waals surface area contributed by atoms with Crippen molar-refractivity contribution in [3.63, 3.8) is 0 Å². The molecular weight excluding hydrogens is 872 g/mol. The van der Waals surface area contributed by atoms with Crippen LogP contribution in [0.3, 0.4) is 0 Å². The molecule has 2 aliphatic heterocycles. The van der Waals surface area contributed by atoms with Crippen LogP contribution in [-0.4, -0.2) is 15.8 Å². The SMILES string of the molecule is Cc1cc2c3c(c1)N(c1ccccc1-c1ccccc1)c1cc(-n4c5ccccc5c5ccccc54)ccc1B3c1ccc(-n3c4ccccc4c4ccccc43)cc1N2c1ccccc1-c1ccccc1. The molecule has 0 aliphatic carbocycles. The molecule has 15 rings (SSSR count). The van der Waals surface area contributed by atoms with E-state index in [9.17, 15) is 0 Å². The van der Waals surface area contributed by atoms with Crippen LogP contribution in [0.15, 0.2) is 255 Å². The van der Waals surface area contributed by atoms with Crippen molar-refractivity contribution in [1.82, 2.24) is 9.13 Å². The van der Waals surface area contributed by atoms with Gasteiger partial charge in [0.15, 0.2) is 0 Å². The third-order valence-electron chi connectivity index (χ3n) is 15.3. The Morgan fingerprint density at radius 2 is 0.639 bits per heavy atom. The first-order valence-electron chi connectivity index (χ1n) is 25.0. The summed E-state index contributed by atoms with van der Waals surface area (Å²) < 4.78 is 4.91. The summed E-state index contributed by atoms with van der Waals surface area (Å²) in [5, 5.41) is 5.00. The molecule has 0 radical (unpaired) electrons. The van der Waals surface area contributed by atoms with Gasteiger partial charge in [0.25, 0.3) is 6.71 Å². The molecule has 2 aliphatic rings. The van der Waals surface area contributed by atoms with E-state index in [-0.39, 0.29) is 6.71 Å². The van der Waals surface area contributed by atoms with Crippen LogP contribution in [0.25, 0.3) is 77.2 Å². The number of anilines is 6. The van der Waals surface area contributed by atoms with E-state index in [1.165, 1.54) is 111 Å². The van der Waals surface area contributed by atoms with Gasteiger partial charge in [-0.1, -0.05) is 182 Å². The number of aromatic nitrogens is 2. The Kier molecular flexibility index (Phi) is 8.93. The molecule has 2 aromatic heterocycles. The maximum atomic E-state index is 2.58. The number of para-hydroxylation sites is 6. The molecule has 0 spiro atoms. The van der Waals surface area contributed by atoms with Crippen LogP contribution in [0, 0.1) is 6.92 Å². The normalized spacial score (nSPS) is 12.7. The molecule has 11 aromatic carbocycles. The highest BCUT2D eigenvalue weighted by Crippen LogP contribution is 2.49. The molecule has 0 fully saturated rings. The van der Waals surface area contributed by atoms with Crippen LogP contribution in [0.1, 0.15) is 5.56 Å². The summed E-state index contributed by atoms with van der Waals surface area (Å²) in [5.41, 5.74) is 23.7. The maximum Gasteiger partial charge on any atom is 0.252 e. The van der Waals surface area contributed by atoms with Crippen LogP contribution < -0.4 is 26.2 Å². The third-order valence-corrected chi connectivity index (χ3v) is 15.3. The molecule has 0 saturated heterocycles. The minimum atomic E-state index is -0.0831. The predicted octanol–water partition coefficient (Wildman–Crippen LogP) is 15.6. The van der Waals surface area contributed by atoms with E-state index in [0.717, 1.165) is 22.7 Å². The zero-order chi connectivity index (χ0) is 47.4. The molecule has 5 heteroatoms. The lowest BCUT2D eigenvalue weighted by atomic mass is 9.33. The molecule has 0 bridgehead atoms. The second-order valence-corrected chi connectivity index (χ2v) is 19.3. The zero-order valence-corrected chi connectivity index (χ0v) is 39.6. The maximum absolute atomic E-state index is 2.58. The van der Waals surface area contributed by atoms with Gasteiger partial charge in [-0.05, 0) is 113 Å². The van der Waals surface area contributed by atoms with Crippen LogP contribution in [-0.2, 0) is 0 Å². The monoisotopic (exact) mass is 916 g/mol. The molecule has 13 aromatic rings. The van der Waals surface area contributed by atoms with Crippen molar-refractivity contribution in [2.24, 2.45) is 0 Å². The summed E-state index contributed by atoms with van der Waals surface area (Å²) in [6, 6.07) is 94.3. The van der Waals surface area contributed by atoms with Crippen molar-refractivity contribution in [2.45, 2.75) is 6.92 Å². The standard InChI is InChI=1S/C67H45BN4/c1-44-40-65-67-66(41-44)72(58-31-15-9-25-50(58)46-22-6-3-7-23-46)64-43-48(70-61-34-18-12-28-53(61)54-29-13-19-35-62(54)70)37-39-56(64)68(67)55-38-36-47(69-59-32-16-10-26-51(59)52-27-11-17-33-60(52)69)42-63(55)71(65)57-30-14-8-24-49(57)45-20-4-2-5-21-45/h2-43H,1H3. The Bertz CT molecular complexity index is 3940. The minimum Gasteiger partial charge on any atom is -0.311 e. The Balaban J connectivity index is 1.05. The van der Waals surface area contributed by atoms with Crippen molar-refractivity contribution in [3.05, 3.63) is 260 Å². The number of nitrogens with zero attached hydrogens (tertiary/aromatic N) is 4. The molecule has 0 amide bonds. The number of hydrogen-bond acceptors (Lipinski definition) is 2. The highest BCUT2D eigenvalue weighted by atomic mass is 15.2. The molecular formula is C67H45BN4. The molecule has 336 valence electrons. The van der Waals surface area contributed by atoms with Crippen molar-refractivity contribution in [1.29, 1.82) is 0 Å². The smallest absolute Gasteiger partial charge is 0.252 e. The van der Waals surface area contributed by atoms with E-state index in [2.05, 4.69) is 281 Å². The number of aryl methyl sites for hydroxylation is 1. The van der Waals surface area contributed by atoms with Gasteiger partial charge in [-0.15, -0.1) is 0 Å². The van der Waals surface area contributed by atoms with E-state index in [4.69, 9.17) is 0 Å². The van der Waals surface area contributed by atoms with Crippen LogP contribution in [0.4, 0.5) is 34.1 Å². The second-order valence-electron chi connectivity index (χ2n) is 19.3. The fraction of sp³-hybridized carbons (Fsp3) is 0.0149. The first-order chi connectivity index (χ1) is 35.7. The third kappa shape index (κ3) is 5.95. The molecule has 0 N–H and O–H groups in total. The van der Waals surface area contributed by atoms with Crippen molar-refractivity contribution in [3.8, 4) is 33.6 Å². The summed E-state index contributed by atoms with van der Waals surface area (Å²) in [5.74, 6) is 0. The fourth-order valence-electron chi connectivity index (χ4n) is 12.4. The van der Waals surface area contributed by atoms with Gasteiger partial charge >= 0.3 is 0 Å². The van der Waals surface area contributed by atoms with E-state index in [0.29, 0.717) is 0 Å². The number of rotatable bonds is 6. The second kappa shape index (κ2) is 15.9. The molecule has 4 heterocycles. The zero-order valence-electron chi connectivity index (χ0n) is 39.6. The minimum absolute atomic E-state index is 0.0831. The van der Waals surface area contributed by atoms with Crippen LogP contribution in [0.2, 0.25) is 0 Å². The summed E-state index contributed by atoms with van der Waals surface area (Å²) >= 11 is 0. The molecule has 72 heavy (non-hydrogen) atoms. The Morgan fingerprint density at radius 3 is 1.04 bits per heavy atom. The lowest BCUT2D eigenvalue weighted by molar-refractivity contribution is 1.16. The number of fused-ring (bicyclic) bond motifs is 10. The molecule has 0 atom stereocenters. The summed E-state index contributed by atoms with van der Waals surface area (Å²) in [4.78, 5) is 5.16. The first-order valence-corrected chi connectivity index (χ1v) is 25.0. The van der Waals surface area contributed by atoms with Gasteiger partial charge in [-0.2, -0.15) is 0 Å². The highest BCUT2D eigenvalue weighted by molar-refractivity contribution is 7.00. The van der Waals surface area contributed by atoms with E-state index >= 15 is 0 Å². The van der Waals surface area contributed by atoms with E-state index < -0.39 is 0 Å². The van der Waals surface area contributed by atoms with Crippen molar-refractivity contribution < 1.29 is 0 Å². The van der Waals surface area contributed by atoms with Crippen molar-refractivity contribution in [2.75, 3.05) is 9.80 Å². The summed E-state index contributed by atoms with van der Waals surface area (Å²) in [6.45, 7) is 2.18. The summed E-state index contributed by atoms with van der Waals surface area (Å²) in [7, 11) is 0. The van der Waals surface area contributed by atoms with Crippen molar-refractivity contribution >= 4 is 101 Å². The van der Waals surface area contributed by atoms with E-state index in [1.807, 2.05) is 0 Å². The van der Waals surface area contributed by atoms with Crippen LogP contribution in [0.5, 0.6) is 0 Å². The fourth-order valence-corrected chi connectivity index (χ4v) is 12.4. The van der Waals surface area contributed by atoms with Gasteiger partial charge in [0.1, 0.15) is 0 Å². The molecule has 0 unspecified atom stereocenters. The largest absolute Gasteiger partial charge is 0.311 e. The van der Waals surface area contributed by atoms with Gasteiger partial charge in [0.2, 0.25) is 0 Å². The predicted molar refractivity (Wildman–Crippen MR) is 305 cm³/mol. The number of benzene rings is 11. The molecule has 4 nitrogen and oxygen atoms in total. The molecule has 0 saturated carbocycles. The Labute approximate surface area is 418 Å². The average Bonchev–Trinajstić information content (AvgIpc) is 3.96. The quantitative estimate of drug-likeness (QED) is 0.155. The summed E-state index contributed by atoms with van der Waals surface area (Å²) in [6.07, 6.45) is 0. The average molecular weight is 917 g/mol. The van der Waals surface area contributed by atoms with Gasteiger partial charge < -0.3 is 18.9 Å². The first kappa shape index (κ1) is 40.6. The van der Waals surface area contributed by atoms with Crippen LogP contribution >= 0.6 is 0 Å². The van der Waals surface area contributed by atoms with Gasteiger partial charge in [-0.25, -0.2) is 0 Å². The Hall–Kier alpha value is -9.32. The lowest BCUT2D eigenvalue weighted by Gasteiger charge is -2.45. The van der Waals surface area contributed by atoms with Gasteiger partial charge in [0.05, 0.1) is 33.4 Å². The Morgan fingerprint density at radius 1 is 0.292 bits per heavy atom. The lowest BCUT2D eigenvalue weighted by Crippen LogP contribution is -2.61.